The van der Waals surface area contributed by atoms with Gasteiger partial charge in [0.05, 0.1) is 16.8 Å². The quantitative estimate of drug-likeness (QED) is 0.284. The Balaban J connectivity index is 1.38. The lowest BCUT2D eigenvalue weighted by Gasteiger charge is -2.16. The van der Waals surface area contributed by atoms with Gasteiger partial charge in [-0.3, -0.25) is 18.8 Å². The van der Waals surface area contributed by atoms with Crippen molar-refractivity contribution in [1.29, 1.82) is 0 Å². The molecule has 12 heteroatoms. The van der Waals surface area contributed by atoms with Gasteiger partial charge in [-0.15, -0.1) is 0 Å². The normalized spacial score (nSPS) is 14.1. The largest absolute Gasteiger partial charge is 0.480 e. The summed E-state index contributed by atoms with van der Waals surface area (Å²) in [5.74, 6) is -2.49. The fourth-order valence-corrected chi connectivity index (χ4v) is 4.38. The van der Waals surface area contributed by atoms with E-state index in [-0.39, 0.29) is 24.9 Å². The van der Waals surface area contributed by atoms with Crippen LogP contribution in [0.3, 0.4) is 0 Å². The van der Waals surface area contributed by atoms with Gasteiger partial charge in [-0.1, -0.05) is 18.2 Å². The molecule has 40 heavy (non-hydrogen) atoms. The molecular weight excluding hydrogens is 527 g/mol. The molecule has 4 aromatic rings. The second-order valence-corrected chi connectivity index (χ2v) is 9.90. The van der Waals surface area contributed by atoms with Crippen LogP contribution in [0.4, 0.5) is 18.9 Å². The average molecular weight is 552 g/mol. The Morgan fingerprint density at radius 3 is 2.50 bits per heavy atom. The first-order chi connectivity index (χ1) is 18.9. The van der Waals surface area contributed by atoms with Crippen LogP contribution in [0.25, 0.3) is 17.0 Å². The highest BCUT2D eigenvalue weighted by atomic mass is 19.4. The van der Waals surface area contributed by atoms with Gasteiger partial charge in [0, 0.05) is 36.4 Å². The number of aliphatic carboxylic acids is 1. The van der Waals surface area contributed by atoms with E-state index in [0.717, 1.165) is 17.7 Å². The number of carbonyl (C=O) groups excluding carboxylic acids is 2. The third kappa shape index (κ3) is 5.12. The van der Waals surface area contributed by atoms with Gasteiger partial charge in [-0.05, 0) is 61.6 Å². The number of carboxylic acids is 1. The number of carboxylic acid groups (broad SMARTS) is 1. The second kappa shape index (κ2) is 9.78. The third-order valence-corrected chi connectivity index (χ3v) is 6.90. The van der Waals surface area contributed by atoms with Crippen LogP contribution in [0.1, 0.15) is 45.5 Å². The van der Waals surface area contributed by atoms with Crippen molar-refractivity contribution in [2.24, 2.45) is 5.41 Å². The van der Waals surface area contributed by atoms with E-state index >= 15 is 0 Å². The molecule has 0 radical (unpaired) electrons. The molecule has 2 heterocycles. The van der Waals surface area contributed by atoms with Crippen LogP contribution >= 0.6 is 0 Å². The third-order valence-electron chi connectivity index (χ3n) is 6.90. The second-order valence-electron chi connectivity index (χ2n) is 9.90. The van der Waals surface area contributed by atoms with Crippen molar-refractivity contribution in [2.45, 2.75) is 39.4 Å². The van der Waals surface area contributed by atoms with Crippen LogP contribution in [-0.2, 0) is 22.3 Å². The number of nitrogens with zero attached hydrogens (tertiary/aromatic N) is 3. The summed E-state index contributed by atoms with van der Waals surface area (Å²) in [6.07, 6.45) is 0.810. The number of rotatable bonds is 7. The zero-order chi connectivity index (χ0) is 28.8. The lowest BCUT2D eigenvalue weighted by molar-refractivity contribution is -0.149. The van der Waals surface area contributed by atoms with Gasteiger partial charge >= 0.3 is 12.1 Å². The summed E-state index contributed by atoms with van der Waals surface area (Å²) >= 11 is 0. The smallest absolute Gasteiger partial charge is 0.417 e. The number of aryl methyl sites for hydroxylation is 2. The van der Waals surface area contributed by atoms with E-state index in [2.05, 4.69) is 20.6 Å². The molecule has 0 bridgehead atoms. The number of benzene rings is 2. The fraction of sp³-hybridized carbons (Fsp3) is 0.250. The summed E-state index contributed by atoms with van der Waals surface area (Å²) in [7, 11) is 0. The van der Waals surface area contributed by atoms with E-state index in [0.29, 0.717) is 28.3 Å². The van der Waals surface area contributed by atoms with Crippen molar-refractivity contribution < 1.29 is 32.7 Å². The zero-order valence-corrected chi connectivity index (χ0v) is 21.5. The van der Waals surface area contributed by atoms with Crippen molar-refractivity contribution >= 4 is 29.2 Å². The first kappa shape index (κ1) is 26.9. The number of alkyl halides is 3. The van der Waals surface area contributed by atoms with Gasteiger partial charge in [0.2, 0.25) is 11.7 Å². The minimum absolute atomic E-state index is 0.0762. The van der Waals surface area contributed by atoms with Crippen molar-refractivity contribution in [3.8, 4) is 11.3 Å². The maximum Gasteiger partial charge on any atom is 0.417 e. The number of hydrogen-bond donors (Lipinski definition) is 3. The molecule has 9 nitrogen and oxygen atoms in total. The van der Waals surface area contributed by atoms with Crippen LogP contribution in [0, 0.1) is 19.3 Å². The van der Waals surface area contributed by atoms with Crippen molar-refractivity contribution in [2.75, 3.05) is 5.32 Å². The van der Waals surface area contributed by atoms with Crippen LogP contribution in [-0.4, -0.2) is 37.3 Å². The Kier molecular flexibility index (Phi) is 6.56. The Morgan fingerprint density at radius 1 is 1.07 bits per heavy atom. The number of hydrogen-bond acceptors (Lipinski definition) is 5. The maximum absolute atomic E-state index is 14.0. The number of carbonyl (C=O) groups is 3. The predicted molar refractivity (Wildman–Crippen MR) is 138 cm³/mol. The molecule has 2 amide bonds. The van der Waals surface area contributed by atoms with Crippen LogP contribution in [0.15, 0.2) is 55.0 Å². The molecule has 3 N–H and O–H groups in total. The molecule has 0 spiro atoms. The standard InChI is InChI=1S/C28H24F3N5O4/c1-15-11-33-26-35-22(14-36(26)13-15)18-5-3-16(2)21(10-18)34-23(37)19-6-4-17(9-20(19)28(29,30)31)12-32-24(38)27(7-8-27)25(39)40/h3-6,9-11,13-14H,7-8,12H2,1-2H3,(H,32,38)(H,34,37)(H,39,40). The molecule has 0 aliphatic heterocycles. The van der Waals surface area contributed by atoms with Crippen LogP contribution in [0.2, 0.25) is 0 Å². The van der Waals surface area contributed by atoms with Gasteiger partial charge < -0.3 is 15.7 Å². The van der Waals surface area contributed by atoms with Crippen molar-refractivity contribution in [1.82, 2.24) is 19.7 Å². The highest BCUT2D eigenvalue weighted by Gasteiger charge is 2.57. The van der Waals surface area contributed by atoms with Crippen molar-refractivity contribution in [3.63, 3.8) is 0 Å². The fourth-order valence-electron chi connectivity index (χ4n) is 4.38. The van der Waals surface area contributed by atoms with Gasteiger partial charge in [0.25, 0.3) is 5.91 Å². The average Bonchev–Trinajstić information content (AvgIpc) is 3.62. The van der Waals surface area contributed by atoms with Gasteiger partial charge in [0.15, 0.2) is 0 Å². The van der Waals surface area contributed by atoms with Crippen molar-refractivity contribution in [3.05, 3.63) is 82.8 Å². The molecule has 1 saturated carbocycles. The minimum atomic E-state index is -4.86. The number of halogens is 3. The molecule has 0 unspecified atom stereocenters. The van der Waals surface area contributed by atoms with E-state index in [1.165, 1.54) is 6.07 Å². The molecule has 206 valence electrons. The van der Waals surface area contributed by atoms with Crippen LogP contribution in [0.5, 0.6) is 0 Å². The first-order valence-electron chi connectivity index (χ1n) is 12.3. The summed E-state index contributed by atoms with van der Waals surface area (Å²) in [5, 5.41) is 14.2. The topological polar surface area (TPSA) is 126 Å². The molecule has 0 atom stereocenters. The van der Waals surface area contributed by atoms with Gasteiger partial charge in [-0.25, -0.2) is 9.97 Å². The summed E-state index contributed by atoms with van der Waals surface area (Å²) in [6, 6.07) is 8.27. The summed E-state index contributed by atoms with van der Waals surface area (Å²) in [5.41, 5.74) is -0.102. The van der Waals surface area contributed by atoms with Crippen LogP contribution < -0.4 is 10.6 Å². The zero-order valence-electron chi connectivity index (χ0n) is 21.5. The van der Waals surface area contributed by atoms with E-state index in [4.69, 9.17) is 0 Å². The molecule has 1 aliphatic carbocycles. The number of imidazole rings is 1. The molecule has 2 aromatic carbocycles. The monoisotopic (exact) mass is 551 g/mol. The number of amides is 2. The number of anilines is 1. The Bertz CT molecular complexity index is 1670. The molecule has 5 rings (SSSR count). The highest BCUT2D eigenvalue weighted by Crippen LogP contribution is 2.46. The van der Waals surface area contributed by atoms with E-state index < -0.39 is 40.5 Å². The summed E-state index contributed by atoms with van der Waals surface area (Å²) < 4.78 is 43.7. The van der Waals surface area contributed by atoms with E-state index in [1.807, 2.05) is 13.1 Å². The Morgan fingerprint density at radius 2 is 1.82 bits per heavy atom. The molecule has 1 aliphatic rings. The maximum atomic E-state index is 14.0. The molecular formula is C28H24F3N5O4. The minimum Gasteiger partial charge on any atom is -0.480 e. The van der Waals surface area contributed by atoms with Gasteiger partial charge in [-0.2, -0.15) is 13.2 Å². The Hall–Kier alpha value is -4.74. The number of fused-ring (bicyclic) bond motifs is 1. The molecule has 0 saturated heterocycles. The molecule has 2 aromatic heterocycles. The summed E-state index contributed by atoms with van der Waals surface area (Å²) in [6.45, 7) is 3.30. The first-order valence-corrected chi connectivity index (χ1v) is 12.3. The molecule has 1 fully saturated rings. The lowest BCUT2D eigenvalue weighted by atomic mass is 10.0. The van der Waals surface area contributed by atoms with Gasteiger partial charge in [0.1, 0.15) is 5.41 Å². The van der Waals surface area contributed by atoms with E-state index in [1.54, 1.807) is 41.9 Å². The lowest BCUT2D eigenvalue weighted by Crippen LogP contribution is -2.36. The van der Waals surface area contributed by atoms with E-state index in [9.17, 15) is 32.7 Å². The highest BCUT2D eigenvalue weighted by molar-refractivity contribution is 6.06. The number of nitrogens with one attached hydrogen (secondary N) is 2. The number of aromatic nitrogens is 3. The Labute approximate surface area is 226 Å². The predicted octanol–water partition coefficient (Wildman–Crippen LogP) is 4.77. The SMILES string of the molecule is Cc1cnc2nc(-c3ccc(C)c(NC(=O)c4ccc(CNC(=O)C5(C(=O)O)CC5)cc4C(F)(F)F)c3)cn2c1. The summed E-state index contributed by atoms with van der Waals surface area (Å²) in [4.78, 5) is 45.4.